The van der Waals surface area contributed by atoms with Crippen LogP contribution in [0.5, 0.6) is 0 Å². The molecule has 0 rings (SSSR count). The summed E-state index contributed by atoms with van der Waals surface area (Å²) in [6, 6.07) is 0. The highest BCUT2D eigenvalue weighted by atomic mass is 35.5. The molecule has 2 N–H and O–H groups in total. The van der Waals surface area contributed by atoms with E-state index in [9.17, 15) is 0 Å². The molecule has 0 saturated carbocycles. The van der Waals surface area contributed by atoms with Crippen LogP contribution in [0.15, 0.2) is 22.4 Å². The first kappa shape index (κ1) is 7.17. The van der Waals surface area contributed by atoms with E-state index < -0.39 is 0 Å². The van der Waals surface area contributed by atoms with Crippen LogP contribution in [-0.4, -0.2) is 12.0 Å². The van der Waals surface area contributed by atoms with Crippen LogP contribution < -0.4 is 5.73 Å². The summed E-state index contributed by atoms with van der Waals surface area (Å²) in [6.45, 7) is 6.37. The van der Waals surface area contributed by atoms with Gasteiger partial charge in [-0.25, -0.2) is 9.98 Å². The second-order valence-corrected chi connectivity index (χ2v) is 1.37. The van der Waals surface area contributed by atoms with Crippen molar-refractivity contribution in [3.8, 4) is 0 Å². The molecule has 4 heteroatoms. The van der Waals surface area contributed by atoms with Gasteiger partial charge in [0.1, 0.15) is 5.82 Å². The highest BCUT2D eigenvalue weighted by Gasteiger charge is 1.82. The number of hydrogen-bond donors (Lipinski definition) is 1. The molecular weight excluding hydrogens is 126 g/mol. The minimum Gasteiger partial charge on any atom is -0.384 e. The van der Waals surface area contributed by atoms with E-state index in [1.54, 1.807) is 0 Å². The van der Waals surface area contributed by atoms with Crippen molar-refractivity contribution in [2.75, 3.05) is 0 Å². The smallest absolute Gasteiger partial charge is 0.223 e. The van der Waals surface area contributed by atoms with Crippen molar-refractivity contribution >= 4 is 23.6 Å². The summed E-state index contributed by atoms with van der Waals surface area (Å²) in [5.74, 6) is 0.127. The van der Waals surface area contributed by atoms with Gasteiger partial charge in [-0.05, 0) is 18.3 Å². The molecule has 0 radical (unpaired) electrons. The summed E-state index contributed by atoms with van der Waals surface area (Å²) in [7, 11) is 0. The summed E-state index contributed by atoms with van der Waals surface area (Å²) in [5.41, 5.74) is 5.01. The predicted octanol–water partition coefficient (Wildman–Crippen LogP) is 0.712. The van der Waals surface area contributed by atoms with Crippen molar-refractivity contribution in [3.05, 3.63) is 12.4 Å². The van der Waals surface area contributed by atoms with Crippen LogP contribution in [0, 0.1) is 0 Å². The number of aliphatic imine (C=N–C) groups is 2. The molecule has 0 heterocycles. The number of nitrogens with two attached hydrogens (primary N) is 1. The van der Waals surface area contributed by atoms with Crippen molar-refractivity contribution in [1.29, 1.82) is 0 Å². The van der Waals surface area contributed by atoms with Crippen molar-refractivity contribution in [1.82, 2.24) is 0 Å². The number of hydrogen-bond acceptors (Lipinski definition) is 2. The molecule has 0 aromatic heterocycles. The van der Waals surface area contributed by atoms with Crippen LogP contribution in [-0.2, 0) is 0 Å². The van der Waals surface area contributed by atoms with Crippen LogP contribution in [0.2, 0.25) is 0 Å². The van der Waals surface area contributed by atoms with Gasteiger partial charge in [-0.15, -0.1) is 0 Å². The molecule has 0 aliphatic heterocycles. The quantitative estimate of drug-likeness (QED) is 0.318. The van der Waals surface area contributed by atoms with Crippen LogP contribution in [0.25, 0.3) is 0 Å². The summed E-state index contributed by atoms with van der Waals surface area (Å²) in [4.78, 5) is 6.69. The minimum atomic E-state index is 0.0116. The molecule has 0 aromatic rings. The summed E-state index contributed by atoms with van der Waals surface area (Å²) in [5, 5.41) is 0.0116. The zero-order valence-corrected chi connectivity index (χ0v) is 5.02. The van der Waals surface area contributed by atoms with Gasteiger partial charge in [0.05, 0.1) is 0 Å². The molecule has 0 aliphatic rings. The molecule has 0 unspecified atom stereocenters. The lowest BCUT2D eigenvalue weighted by atomic mass is 10.9. The highest BCUT2D eigenvalue weighted by molar-refractivity contribution is 6.65. The third kappa shape index (κ3) is 3.36. The molecule has 0 atom stereocenters. The van der Waals surface area contributed by atoms with Crippen molar-refractivity contribution in [2.24, 2.45) is 15.7 Å². The number of amidine groups is 1. The second kappa shape index (κ2) is 3.21. The topological polar surface area (TPSA) is 50.7 Å². The average Bonchev–Trinajstić information content (AvgIpc) is 1.65. The number of halogens is 1. The maximum absolute atomic E-state index is 5.24. The first-order chi connectivity index (χ1) is 3.66. The molecule has 0 amide bonds. The standard InChI is InChI=1S/C4H6ClN3/c1-3(6)8-4(5)7-2/h1-2,6H2/b8-4-. The van der Waals surface area contributed by atoms with Gasteiger partial charge in [0.15, 0.2) is 0 Å². The number of rotatable bonds is 1. The van der Waals surface area contributed by atoms with Crippen molar-refractivity contribution in [3.63, 3.8) is 0 Å². The van der Waals surface area contributed by atoms with E-state index in [-0.39, 0.29) is 11.1 Å². The van der Waals surface area contributed by atoms with Gasteiger partial charge in [-0.3, -0.25) is 0 Å². The molecule has 0 spiro atoms. The first-order valence-electron chi connectivity index (χ1n) is 1.82. The van der Waals surface area contributed by atoms with Gasteiger partial charge in [-0.1, -0.05) is 6.58 Å². The average molecular weight is 132 g/mol. The Bertz CT molecular complexity index is 138. The first-order valence-corrected chi connectivity index (χ1v) is 2.20. The van der Waals surface area contributed by atoms with Gasteiger partial charge in [0.25, 0.3) is 0 Å². The molecule has 8 heavy (non-hydrogen) atoms. The van der Waals surface area contributed by atoms with Crippen LogP contribution in [0.3, 0.4) is 0 Å². The maximum atomic E-state index is 5.24. The Balaban J connectivity index is 3.94. The SMILES string of the molecule is C=N/C(Cl)=N\C(=C)N. The van der Waals surface area contributed by atoms with E-state index in [0.29, 0.717) is 0 Å². The van der Waals surface area contributed by atoms with Gasteiger partial charge in [-0.2, -0.15) is 0 Å². The summed E-state index contributed by atoms with van der Waals surface area (Å²) < 4.78 is 0. The summed E-state index contributed by atoms with van der Waals surface area (Å²) in [6.07, 6.45) is 0. The van der Waals surface area contributed by atoms with Gasteiger partial charge in [0.2, 0.25) is 5.29 Å². The predicted molar refractivity (Wildman–Crippen MR) is 36.2 cm³/mol. The van der Waals surface area contributed by atoms with Crippen LogP contribution in [0.1, 0.15) is 0 Å². The van der Waals surface area contributed by atoms with E-state index in [1.165, 1.54) is 0 Å². The lowest BCUT2D eigenvalue weighted by Crippen LogP contribution is -1.92. The maximum Gasteiger partial charge on any atom is 0.223 e. The Morgan fingerprint density at radius 1 is 1.62 bits per heavy atom. The fourth-order valence-corrected chi connectivity index (χ4v) is 0.262. The van der Waals surface area contributed by atoms with E-state index in [0.717, 1.165) is 0 Å². The monoisotopic (exact) mass is 131 g/mol. The van der Waals surface area contributed by atoms with Crippen molar-refractivity contribution in [2.45, 2.75) is 0 Å². The van der Waals surface area contributed by atoms with E-state index in [2.05, 4.69) is 23.3 Å². The molecule has 44 valence electrons. The fraction of sp³-hybridized carbons (Fsp3) is 0. The van der Waals surface area contributed by atoms with Gasteiger partial charge in [0, 0.05) is 0 Å². The fourth-order valence-electron chi connectivity index (χ4n) is 0.154. The van der Waals surface area contributed by atoms with Gasteiger partial charge >= 0.3 is 0 Å². The van der Waals surface area contributed by atoms with E-state index >= 15 is 0 Å². The molecule has 0 saturated heterocycles. The molecule has 0 aliphatic carbocycles. The Morgan fingerprint density at radius 2 is 2.12 bits per heavy atom. The lowest BCUT2D eigenvalue weighted by molar-refractivity contribution is 1.26. The van der Waals surface area contributed by atoms with E-state index in [1.807, 2.05) is 0 Å². The normalized spacial score (nSPS) is 10.9. The molecule has 0 aromatic carbocycles. The molecule has 0 bridgehead atoms. The minimum absolute atomic E-state index is 0.0116. The largest absolute Gasteiger partial charge is 0.384 e. The Kier molecular flexibility index (Phi) is 2.88. The highest BCUT2D eigenvalue weighted by Crippen LogP contribution is 1.89. The Labute approximate surface area is 52.6 Å². The third-order valence-corrected chi connectivity index (χ3v) is 0.570. The summed E-state index contributed by atoms with van der Waals surface area (Å²) >= 11 is 5.24. The Hall–Kier alpha value is -0.830. The third-order valence-electron chi connectivity index (χ3n) is 0.366. The zero-order chi connectivity index (χ0) is 6.57. The second-order valence-electron chi connectivity index (χ2n) is 1.03. The Morgan fingerprint density at radius 3 is 2.25 bits per heavy atom. The van der Waals surface area contributed by atoms with E-state index in [4.69, 9.17) is 17.3 Å². The number of nitrogens with zero attached hydrogens (tertiary/aromatic N) is 2. The van der Waals surface area contributed by atoms with Crippen LogP contribution in [0.4, 0.5) is 0 Å². The molecular formula is C4H6ClN3. The van der Waals surface area contributed by atoms with Crippen LogP contribution >= 0.6 is 11.6 Å². The van der Waals surface area contributed by atoms with Crippen molar-refractivity contribution < 1.29 is 0 Å². The molecule has 0 fully saturated rings. The van der Waals surface area contributed by atoms with Gasteiger partial charge < -0.3 is 5.73 Å². The zero-order valence-electron chi connectivity index (χ0n) is 4.26. The lowest BCUT2D eigenvalue weighted by Gasteiger charge is -1.85. The molecule has 3 nitrogen and oxygen atoms in total.